The Morgan fingerprint density at radius 3 is 2.52 bits per heavy atom. The van der Waals surface area contributed by atoms with Crippen molar-refractivity contribution in [3.05, 3.63) is 69.6 Å². The van der Waals surface area contributed by atoms with Crippen LogP contribution in [-0.2, 0) is 6.54 Å². The molecule has 0 saturated carbocycles. The van der Waals surface area contributed by atoms with Gasteiger partial charge in [0, 0.05) is 25.7 Å². The fourth-order valence-electron chi connectivity index (χ4n) is 4.11. The molecule has 4 nitrogen and oxygen atoms in total. The fourth-order valence-corrected chi connectivity index (χ4v) is 4.11. The summed E-state index contributed by atoms with van der Waals surface area (Å²) in [6.07, 6.45) is 2.04. The van der Waals surface area contributed by atoms with Crippen molar-refractivity contribution in [2.75, 3.05) is 13.1 Å². The van der Waals surface area contributed by atoms with Gasteiger partial charge in [-0.25, -0.2) is 4.79 Å². The topological polar surface area (TPSA) is 41.0 Å². The molecule has 2 heterocycles. The molecule has 0 spiro atoms. The maximum atomic E-state index is 12.6. The van der Waals surface area contributed by atoms with Gasteiger partial charge in [-0.15, -0.1) is 0 Å². The first kappa shape index (κ1) is 16.2. The zero-order valence-corrected chi connectivity index (χ0v) is 15.0. The van der Waals surface area contributed by atoms with E-state index in [0.717, 1.165) is 49.1 Å². The van der Waals surface area contributed by atoms with E-state index in [0.29, 0.717) is 0 Å². The Morgan fingerprint density at radius 2 is 1.80 bits per heavy atom. The van der Waals surface area contributed by atoms with Crippen LogP contribution in [0.1, 0.15) is 35.6 Å². The summed E-state index contributed by atoms with van der Waals surface area (Å²) in [7, 11) is 0. The minimum Gasteiger partial charge on any atom is -0.305 e. The highest BCUT2D eigenvalue weighted by molar-refractivity contribution is 5.79. The number of piperidine rings is 1. The highest BCUT2D eigenvalue weighted by Gasteiger charge is 2.24. The number of rotatable bonds is 3. The number of likely N-dealkylation sites (tertiary alicyclic amines) is 1. The third kappa shape index (κ3) is 3.14. The Kier molecular flexibility index (Phi) is 4.22. The van der Waals surface area contributed by atoms with E-state index in [1.807, 2.05) is 4.57 Å². The largest absolute Gasteiger partial charge is 0.326 e. The summed E-state index contributed by atoms with van der Waals surface area (Å²) < 4.78 is 2.00. The summed E-state index contributed by atoms with van der Waals surface area (Å²) in [5.74, 6) is 0. The molecule has 3 aromatic rings. The second-order valence-corrected chi connectivity index (χ2v) is 7.27. The average Bonchev–Trinajstić information content (AvgIpc) is 2.93. The first-order chi connectivity index (χ1) is 12.1. The number of H-pyrrole nitrogens is 1. The van der Waals surface area contributed by atoms with Gasteiger partial charge in [-0.05, 0) is 49.4 Å². The quantitative estimate of drug-likeness (QED) is 0.791. The predicted molar refractivity (Wildman–Crippen MR) is 102 cm³/mol. The van der Waals surface area contributed by atoms with Gasteiger partial charge in [-0.2, -0.15) is 0 Å². The molecule has 0 atom stereocenters. The number of imidazole rings is 1. The highest BCUT2D eigenvalue weighted by Crippen LogP contribution is 2.27. The van der Waals surface area contributed by atoms with Crippen LogP contribution in [0.5, 0.6) is 0 Å². The van der Waals surface area contributed by atoms with Crippen molar-refractivity contribution in [1.82, 2.24) is 14.5 Å². The minimum atomic E-state index is 0.0326. The van der Waals surface area contributed by atoms with Crippen LogP contribution in [0.25, 0.3) is 11.0 Å². The normalized spacial score (nSPS) is 16.6. The van der Waals surface area contributed by atoms with Crippen molar-refractivity contribution >= 4 is 11.0 Å². The third-order valence-corrected chi connectivity index (χ3v) is 5.34. The first-order valence-electron chi connectivity index (χ1n) is 9.09. The van der Waals surface area contributed by atoms with E-state index >= 15 is 0 Å². The van der Waals surface area contributed by atoms with Crippen molar-refractivity contribution in [3.8, 4) is 0 Å². The number of aromatic amines is 1. The second-order valence-electron chi connectivity index (χ2n) is 7.27. The van der Waals surface area contributed by atoms with Crippen LogP contribution < -0.4 is 5.69 Å². The van der Waals surface area contributed by atoms with Crippen molar-refractivity contribution in [3.63, 3.8) is 0 Å². The smallest absolute Gasteiger partial charge is 0.305 e. The Labute approximate surface area is 148 Å². The zero-order chi connectivity index (χ0) is 17.4. The molecule has 1 N–H and O–H groups in total. The van der Waals surface area contributed by atoms with E-state index in [-0.39, 0.29) is 11.7 Å². The Hall–Kier alpha value is -2.33. The molecule has 1 aliphatic heterocycles. The third-order valence-electron chi connectivity index (χ3n) is 5.34. The van der Waals surface area contributed by atoms with Gasteiger partial charge in [0.1, 0.15) is 0 Å². The number of aryl methyl sites for hydroxylation is 2. The van der Waals surface area contributed by atoms with Gasteiger partial charge in [-0.3, -0.25) is 9.47 Å². The van der Waals surface area contributed by atoms with Gasteiger partial charge >= 0.3 is 5.69 Å². The van der Waals surface area contributed by atoms with Crippen LogP contribution in [0.2, 0.25) is 0 Å². The van der Waals surface area contributed by atoms with Crippen LogP contribution in [-0.4, -0.2) is 27.5 Å². The molecule has 0 amide bonds. The SMILES string of the molecule is Cc1cc(C)c2[nH]c(=O)n(C3CCN(Cc4ccccc4)CC3)c2c1. The molecular formula is C21H25N3O. The molecule has 1 aliphatic rings. The summed E-state index contributed by atoms with van der Waals surface area (Å²) in [5.41, 5.74) is 5.79. The second kappa shape index (κ2) is 6.52. The van der Waals surface area contributed by atoms with Gasteiger partial charge in [0.05, 0.1) is 11.0 Å². The molecular weight excluding hydrogens is 310 g/mol. The maximum Gasteiger partial charge on any atom is 0.326 e. The number of nitrogens with zero attached hydrogens (tertiary/aromatic N) is 2. The lowest BCUT2D eigenvalue weighted by Crippen LogP contribution is -2.36. The molecule has 4 heteroatoms. The molecule has 0 aliphatic carbocycles. The zero-order valence-electron chi connectivity index (χ0n) is 15.0. The van der Waals surface area contributed by atoms with Crippen molar-refractivity contribution in [1.29, 1.82) is 0 Å². The van der Waals surface area contributed by atoms with Crippen molar-refractivity contribution in [2.45, 2.75) is 39.3 Å². The van der Waals surface area contributed by atoms with E-state index in [4.69, 9.17) is 0 Å². The number of nitrogens with one attached hydrogen (secondary N) is 1. The van der Waals surface area contributed by atoms with Crippen LogP contribution >= 0.6 is 0 Å². The molecule has 130 valence electrons. The molecule has 2 aromatic carbocycles. The Balaban J connectivity index is 1.54. The number of hydrogen-bond donors (Lipinski definition) is 1. The highest BCUT2D eigenvalue weighted by atomic mass is 16.1. The Bertz CT molecular complexity index is 931. The van der Waals surface area contributed by atoms with E-state index in [9.17, 15) is 4.79 Å². The van der Waals surface area contributed by atoms with Gasteiger partial charge in [0.2, 0.25) is 0 Å². The lowest BCUT2D eigenvalue weighted by Gasteiger charge is -2.32. The standard InChI is InChI=1S/C21H25N3O/c1-15-12-16(2)20-19(13-15)24(21(25)22-20)18-8-10-23(11-9-18)14-17-6-4-3-5-7-17/h3-7,12-13,18H,8-11,14H2,1-2H3,(H,22,25). The average molecular weight is 335 g/mol. The molecule has 25 heavy (non-hydrogen) atoms. The number of benzene rings is 2. The number of fused-ring (bicyclic) bond motifs is 1. The molecule has 1 aromatic heterocycles. The Morgan fingerprint density at radius 1 is 1.08 bits per heavy atom. The van der Waals surface area contributed by atoms with Gasteiger partial charge in [0.15, 0.2) is 0 Å². The summed E-state index contributed by atoms with van der Waals surface area (Å²) in [5, 5.41) is 0. The predicted octanol–water partition coefficient (Wildman–Crippen LogP) is 3.78. The molecule has 0 bridgehead atoms. The fraction of sp³-hybridized carbons (Fsp3) is 0.381. The monoisotopic (exact) mass is 335 g/mol. The summed E-state index contributed by atoms with van der Waals surface area (Å²) >= 11 is 0. The summed E-state index contributed by atoms with van der Waals surface area (Å²) in [6, 6.07) is 15.2. The molecule has 0 unspecified atom stereocenters. The lowest BCUT2D eigenvalue weighted by molar-refractivity contribution is 0.180. The van der Waals surface area contributed by atoms with E-state index in [1.54, 1.807) is 0 Å². The maximum absolute atomic E-state index is 12.6. The van der Waals surface area contributed by atoms with Gasteiger partial charge in [0.25, 0.3) is 0 Å². The number of aromatic nitrogens is 2. The molecule has 1 fully saturated rings. The lowest BCUT2D eigenvalue weighted by atomic mass is 10.0. The van der Waals surface area contributed by atoms with E-state index in [2.05, 4.69) is 66.2 Å². The molecule has 1 saturated heterocycles. The van der Waals surface area contributed by atoms with Crippen molar-refractivity contribution in [2.24, 2.45) is 0 Å². The number of hydrogen-bond acceptors (Lipinski definition) is 2. The first-order valence-corrected chi connectivity index (χ1v) is 9.09. The van der Waals surface area contributed by atoms with Gasteiger partial charge in [-0.1, -0.05) is 36.4 Å². The van der Waals surface area contributed by atoms with Crippen LogP contribution in [0, 0.1) is 13.8 Å². The van der Waals surface area contributed by atoms with E-state index in [1.165, 1.54) is 11.1 Å². The summed E-state index contributed by atoms with van der Waals surface area (Å²) in [4.78, 5) is 18.1. The summed E-state index contributed by atoms with van der Waals surface area (Å²) in [6.45, 7) is 7.22. The van der Waals surface area contributed by atoms with Crippen molar-refractivity contribution < 1.29 is 0 Å². The van der Waals surface area contributed by atoms with E-state index < -0.39 is 0 Å². The van der Waals surface area contributed by atoms with Crippen LogP contribution in [0.15, 0.2) is 47.3 Å². The van der Waals surface area contributed by atoms with Crippen LogP contribution in [0.4, 0.5) is 0 Å². The van der Waals surface area contributed by atoms with Crippen LogP contribution in [0.3, 0.4) is 0 Å². The van der Waals surface area contributed by atoms with Gasteiger partial charge < -0.3 is 4.98 Å². The molecule has 4 rings (SSSR count). The molecule has 0 radical (unpaired) electrons. The minimum absolute atomic E-state index is 0.0326.